The molecule has 7 nitrogen and oxygen atoms in total. The number of hydrogen-bond acceptors (Lipinski definition) is 7. The first-order valence-corrected chi connectivity index (χ1v) is 14.1. The van der Waals surface area contributed by atoms with Gasteiger partial charge in [-0.3, -0.25) is 14.2 Å². The Hall–Kier alpha value is -1.39. The van der Waals surface area contributed by atoms with Crippen LogP contribution >= 0.6 is 23.1 Å². The average molecular weight is 470 g/mol. The summed E-state index contributed by atoms with van der Waals surface area (Å²) in [6.45, 7) is 2.59. The summed E-state index contributed by atoms with van der Waals surface area (Å²) in [5.74, 6) is 0.176. The molecule has 1 saturated heterocycles. The van der Waals surface area contributed by atoms with Gasteiger partial charge in [-0.1, -0.05) is 18.7 Å². The van der Waals surface area contributed by atoms with Crippen LogP contribution in [0.15, 0.2) is 9.95 Å². The van der Waals surface area contributed by atoms with Gasteiger partial charge in [-0.05, 0) is 44.1 Å². The quantitative estimate of drug-likeness (QED) is 0.477. The van der Waals surface area contributed by atoms with Crippen LogP contribution in [-0.2, 0) is 34.0 Å². The predicted octanol–water partition coefficient (Wildman–Crippen LogP) is 2.48. The third-order valence-corrected chi connectivity index (χ3v) is 9.86. The number of thioether (sulfide) groups is 1. The smallest absolute Gasteiger partial charge is 0.263 e. The van der Waals surface area contributed by atoms with Gasteiger partial charge in [0.05, 0.1) is 22.6 Å². The zero-order valence-electron chi connectivity index (χ0n) is 17.3. The highest BCUT2D eigenvalue weighted by Gasteiger charge is 2.32. The first kappa shape index (κ1) is 21.8. The second-order valence-corrected chi connectivity index (χ2v) is 12.3. The van der Waals surface area contributed by atoms with Crippen LogP contribution in [0.2, 0.25) is 0 Å². The van der Waals surface area contributed by atoms with Crippen molar-refractivity contribution >= 4 is 49.1 Å². The maximum Gasteiger partial charge on any atom is 0.263 e. The Morgan fingerprint density at radius 1 is 1.33 bits per heavy atom. The minimum absolute atomic E-state index is 0.00596. The molecule has 0 aromatic carbocycles. The van der Waals surface area contributed by atoms with Gasteiger partial charge in [-0.15, -0.1) is 11.3 Å². The number of fused-ring (bicyclic) bond motifs is 3. The summed E-state index contributed by atoms with van der Waals surface area (Å²) in [5.41, 5.74) is 1.19. The van der Waals surface area contributed by atoms with E-state index in [0.717, 1.165) is 42.3 Å². The molecule has 30 heavy (non-hydrogen) atoms. The van der Waals surface area contributed by atoms with E-state index in [1.807, 2.05) is 6.92 Å². The van der Waals surface area contributed by atoms with E-state index in [4.69, 9.17) is 4.98 Å². The fourth-order valence-corrected chi connectivity index (χ4v) is 8.29. The van der Waals surface area contributed by atoms with Crippen molar-refractivity contribution in [1.29, 1.82) is 0 Å². The van der Waals surface area contributed by atoms with E-state index in [1.165, 1.54) is 22.2 Å². The van der Waals surface area contributed by atoms with Crippen molar-refractivity contribution in [3.8, 4) is 0 Å². The first-order chi connectivity index (χ1) is 14.3. The normalized spacial score (nSPS) is 20.4. The van der Waals surface area contributed by atoms with Crippen LogP contribution in [0, 0.1) is 0 Å². The van der Waals surface area contributed by atoms with E-state index in [1.54, 1.807) is 27.9 Å². The van der Waals surface area contributed by atoms with Crippen LogP contribution in [0.3, 0.4) is 0 Å². The number of sulfone groups is 1. The molecule has 0 spiro atoms. The standard InChI is InChI=1S/C20H27N3O4S3/c1-3-9-23-19(25)17-14-6-4-5-7-15(14)29-18(17)21-20(23)28-11-16(24)22(2)13-8-10-30(26,27)12-13/h13H,3-12H2,1-2H3/t13-/m1/s1. The molecule has 0 radical (unpaired) electrons. The molecule has 2 aromatic heterocycles. The van der Waals surface area contributed by atoms with Crippen molar-refractivity contribution in [3.05, 3.63) is 20.8 Å². The fraction of sp³-hybridized carbons (Fsp3) is 0.650. The zero-order chi connectivity index (χ0) is 21.5. The van der Waals surface area contributed by atoms with Crippen molar-refractivity contribution in [2.45, 2.75) is 63.2 Å². The number of aromatic nitrogens is 2. The number of thiophene rings is 1. The molecule has 1 fully saturated rings. The Morgan fingerprint density at radius 3 is 2.80 bits per heavy atom. The number of hydrogen-bond donors (Lipinski definition) is 0. The lowest BCUT2D eigenvalue weighted by atomic mass is 9.97. The summed E-state index contributed by atoms with van der Waals surface area (Å²) in [6.07, 6.45) is 5.52. The summed E-state index contributed by atoms with van der Waals surface area (Å²) >= 11 is 2.89. The van der Waals surface area contributed by atoms with E-state index in [2.05, 4.69) is 0 Å². The van der Waals surface area contributed by atoms with E-state index in [9.17, 15) is 18.0 Å². The minimum Gasteiger partial charge on any atom is -0.341 e. The minimum atomic E-state index is -3.04. The molecule has 164 valence electrons. The maximum absolute atomic E-state index is 13.3. The van der Waals surface area contributed by atoms with E-state index in [0.29, 0.717) is 18.1 Å². The van der Waals surface area contributed by atoms with Crippen molar-refractivity contribution < 1.29 is 13.2 Å². The average Bonchev–Trinajstić information content (AvgIpc) is 3.27. The Balaban J connectivity index is 1.58. The zero-order valence-corrected chi connectivity index (χ0v) is 19.8. The van der Waals surface area contributed by atoms with Gasteiger partial charge < -0.3 is 4.90 Å². The number of aryl methyl sites for hydroxylation is 2. The molecule has 0 unspecified atom stereocenters. The molecule has 4 rings (SSSR count). The number of rotatable bonds is 6. The highest BCUT2D eigenvalue weighted by Crippen LogP contribution is 2.34. The van der Waals surface area contributed by atoms with Crippen molar-refractivity contribution in [2.75, 3.05) is 24.3 Å². The van der Waals surface area contributed by atoms with Crippen LogP contribution in [0.4, 0.5) is 0 Å². The highest BCUT2D eigenvalue weighted by molar-refractivity contribution is 7.99. The number of carbonyl (C=O) groups is 1. The Kier molecular flexibility index (Phi) is 6.28. The number of carbonyl (C=O) groups excluding carboxylic acids is 1. The largest absolute Gasteiger partial charge is 0.341 e. The Labute approximate surface area is 184 Å². The Bertz CT molecular complexity index is 1140. The van der Waals surface area contributed by atoms with Crippen LogP contribution in [0.25, 0.3) is 10.2 Å². The van der Waals surface area contributed by atoms with Crippen LogP contribution in [0.5, 0.6) is 0 Å². The van der Waals surface area contributed by atoms with Gasteiger partial charge >= 0.3 is 0 Å². The van der Waals surface area contributed by atoms with Crippen molar-refractivity contribution in [3.63, 3.8) is 0 Å². The SMILES string of the molecule is CCCn1c(SCC(=O)N(C)[C@@H]2CCS(=O)(=O)C2)nc2sc3c(c2c1=O)CCCC3. The molecule has 1 aliphatic carbocycles. The number of nitrogens with zero attached hydrogens (tertiary/aromatic N) is 3. The van der Waals surface area contributed by atoms with Gasteiger partial charge in [0, 0.05) is 24.5 Å². The van der Waals surface area contributed by atoms with Gasteiger partial charge in [-0.2, -0.15) is 0 Å². The van der Waals surface area contributed by atoms with Crippen LogP contribution < -0.4 is 5.56 Å². The highest BCUT2D eigenvalue weighted by atomic mass is 32.2. The molecule has 0 N–H and O–H groups in total. The molecule has 0 bridgehead atoms. The molecule has 1 amide bonds. The van der Waals surface area contributed by atoms with Crippen LogP contribution in [-0.4, -0.2) is 59.1 Å². The van der Waals surface area contributed by atoms with E-state index in [-0.39, 0.29) is 34.8 Å². The summed E-state index contributed by atoms with van der Waals surface area (Å²) in [6, 6.07) is -0.264. The van der Waals surface area contributed by atoms with Gasteiger partial charge in [0.15, 0.2) is 15.0 Å². The van der Waals surface area contributed by atoms with Gasteiger partial charge in [0.2, 0.25) is 5.91 Å². The molecule has 2 aromatic rings. The second-order valence-electron chi connectivity index (χ2n) is 8.09. The maximum atomic E-state index is 13.3. The third-order valence-electron chi connectivity index (χ3n) is 5.96. The molecule has 2 aliphatic rings. The molecule has 10 heteroatoms. The van der Waals surface area contributed by atoms with Crippen molar-refractivity contribution in [1.82, 2.24) is 14.5 Å². The lowest BCUT2D eigenvalue weighted by Crippen LogP contribution is -2.39. The molecular formula is C20H27N3O4S3. The van der Waals surface area contributed by atoms with Gasteiger partial charge in [0.1, 0.15) is 4.83 Å². The van der Waals surface area contributed by atoms with Crippen LogP contribution in [0.1, 0.15) is 43.0 Å². The first-order valence-electron chi connectivity index (χ1n) is 10.4. The number of amides is 1. The van der Waals surface area contributed by atoms with Gasteiger partial charge in [0.25, 0.3) is 5.56 Å². The summed E-state index contributed by atoms with van der Waals surface area (Å²) < 4.78 is 25.1. The summed E-state index contributed by atoms with van der Waals surface area (Å²) in [5, 5.41) is 1.35. The fourth-order valence-electron chi connectivity index (χ4n) is 4.26. The monoisotopic (exact) mass is 469 g/mol. The topological polar surface area (TPSA) is 89.3 Å². The van der Waals surface area contributed by atoms with Crippen molar-refractivity contribution in [2.24, 2.45) is 0 Å². The second kappa shape index (κ2) is 8.63. The molecule has 0 saturated carbocycles. The van der Waals surface area contributed by atoms with Gasteiger partial charge in [-0.25, -0.2) is 13.4 Å². The lowest BCUT2D eigenvalue weighted by molar-refractivity contribution is -0.128. The summed E-state index contributed by atoms with van der Waals surface area (Å²) in [7, 11) is -1.38. The van der Waals surface area contributed by atoms with E-state index < -0.39 is 9.84 Å². The predicted molar refractivity (Wildman–Crippen MR) is 121 cm³/mol. The molecule has 1 atom stereocenters. The summed E-state index contributed by atoms with van der Waals surface area (Å²) in [4.78, 5) is 34.4. The lowest BCUT2D eigenvalue weighted by Gasteiger charge is -2.23. The molecule has 3 heterocycles. The Morgan fingerprint density at radius 2 is 2.10 bits per heavy atom. The molecule has 1 aliphatic heterocycles. The molecular weight excluding hydrogens is 442 g/mol. The third kappa shape index (κ3) is 4.18. The van der Waals surface area contributed by atoms with E-state index >= 15 is 0 Å².